The SMILES string of the molecule is CCCCOP(=O)(S)OCCCC.[Mn]. The third-order valence-electron chi connectivity index (χ3n) is 1.50. The zero-order chi connectivity index (χ0) is 10.2. The third-order valence-corrected chi connectivity index (χ3v) is 3.22. The van der Waals surface area contributed by atoms with Gasteiger partial charge in [-0.3, -0.25) is 0 Å². The molecule has 0 fully saturated rings. The van der Waals surface area contributed by atoms with Crippen molar-refractivity contribution in [1.29, 1.82) is 0 Å². The van der Waals surface area contributed by atoms with Crippen LogP contribution in [0.2, 0.25) is 0 Å². The fourth-order valence-corrected chi connectivity index (χ4v) is 1.97. The van der Waals surface area contributed by atoms with E-state index in [1.165, 1.54) is 0 Å². The van der Waals surface area contributed by atoms with Gasteiger partial charge in [-0.2, -0.15) is 0 Å². The maximum absolute atomic E-state index is 11.4. The summed E-state index contributed by atoms with van der Waals surface area (Å²) in [5.74, 6) is 0. The summed E-state index contributed by atoms with van der Waals surface area (Å²) in [5, 5.41) is 0. The second-order valence-corrected chi connectivity index (χ2v) is 5.77. The van der Waals surface area contributed by atoms with Crippen molar-refractivity contribution in [2.45, 2.75) is 39.5 Å². The second kappa shape index (κ2) is 10.5. The minimum Gasteiger partial charge on any atom is -0.301 e. The molecular formula is C8H19MnO3PS. The van der Waals surface area contributed by atoms with Crippen molar-refractivity contribution in [2.75, 3.05) is 13.2 Å². The largest absolute Gasteiger partial charge is 0.386 e. The molecular weight excluding hydrogens is 262 g/mol. The topological polar surface area (TPSA) is 35.5 Å². The van der Waals surface area contributed by atoms with Crippen molar-refractivity contribution in [1.82, 2.24) is 0 Å². The summed E-state index contributed by atoms with van der Waals surface area (Å²) in [7, 11) is 0. The standard InChI is InChI=1S/C8H19O3PS.Mn/c1-3-5-7-10-12(9,13)11-8-6-4-2;/h3-8H2,1-2H3,(H,9,13);. The Labute approximate surface area is 102 Å². The summed E-state index contributed by atoms with van der Waals surface area (Å²) in [6.07, 6.45) is 3.81. The Balaban J connectivity index is 0. The number of hydrogen-bond acceptors (Lipinski definition) is 3. The van der Waals surface area contributed by atoms with E-state index in [4.69, 9.17) is 9.05 Å². The Morgan fingerprint density at radius 3 is 1.71 bits per heavy atom. The third kappa shape index (κ3) is 11.1. The maximum Gasteiger partial charge on any atom is 0.386 e. The number of rotatable bonds is 8. The van der Waals surface area contributed by atoms with E-state index in [0.29, 0.717) is 13.2 Å². The molecule has 6 heteroatoms. The van der Waals surface area contributed by atoms with Crippen LogP contribution in [0.5, 0.6) is 0 Å². The molecule has 0 bridgehead atoms. The molecule has 0 heterocycles. The van der Waals surface area contributed by atoms with E-state index >= 15 is 0 Å². The Kier molecular flexibility index (Phi) is 13.1. The van der Waals surface area contributed by atoms with Crippen LogP contribution in [-0.4, -0.2) is 13.2 Å². The number of thiol groups is 1. The van der Waals surface area contributed by atoms with Gasteiger partial charge in [0.2, 0.25) is 0 Å². The Morgan fingerprint density at radius 1 is 1.07 bits per heavy atom. The van der Waals surface area contributed by atoms with Gasteiger partial charge in [-0.25, -0.2) is 4.57 Å². The molecule has 0 atom stereocenters. The summed E-state index contributed by atoms with van der Waals surface area (Å²) < 4.78 is 21.4. The Hall–Kier alpha value is 1.02. The van der Waals surface area contributed by atoms with Gasteiger partial charge < -0.3 is 9.05 Å². The van der Waals surface area contributed by atoms with Crippen molar-refractivity contribution in [3.05, 3.63) is 0 Å². The monoisotopic (exact) mass is 281 g/mol. The van der Waals surface area contributed by atoms with Gasteiger partial charge in [0.05, 0.1) is 13.2 Å². The fourth-order valence-electron chi connectivity index (χ4n) is 0.686. The van der Waals surface area contributed by atoms with Crippen molar-refractivity contribution in [3.8, 4) is 0 Å². The zero-order valence-electron chi connectivity index (χ0n) is 8.74. The van der Waals surface area contributed by atoms with Crippen molar-refractivity contribution in [3.63, 3.8) is 0 Å². The molecule has 0 rings (SSSR count). The van der Waals surface area contributed by atoms with E-state index in [1.807, 2.05) is 13.8 Å². The van der Waals surface area contributed by atoms with Crippen molar-refractivity contribution >= 4 is 19.0 Å². The summed E-state index contributed by atoms with van der Waals surface area (Å²) in [6.45, 7) is 1.96. The molecule has 0 aromatic rings. The van der Waals surface area contributed by atoms with Crippen LogP contribution in [0, 0.1) is 0 Å². The smallest absolute Gasteiger partial charge is 0.301 e. The summed E-state index contributed by atoms with van der Waals surface area (Å²) >= 11 is 3.84. The van der Waals surface area contributed by atoms with Crippen LogP contribution >= 0.6 is 19.0 Å². The molecule has 1 radical (unpaired) electrons. The van der Waals surface area contributed by atoms with Crippen LogP contribution in [0.1, 0.15) is 39.5 Å². The van der Waals surface area contributed by atoms with Gasteiger partial charge in [0.15, 0.2) is 0 Å². The van der Waals surface area contributed by atoms with Gasteiger partial charge in [-0.15, -0.1) is 0 Å². The van der Waals surface area contributed by atoms with E-state index in [9.17, 15) is 4.57 Å². The van der Waals surface area contributed by atoms with Gasteiger partial charge in [-0.05, 0) is 12.8 Å². The quantitative estimate of drug-likeness (QED) is 0.319. The van der Waals surface area contributed by atoms with E-state index < -0.39 is 6.80 Å². The van der Waals surface area contributed by atoms with Crippen LogP contribution in [-0.2, 0) is 30.7 Å². The van der Waals surface area contributed by atoms with E-state index in [1.54, 1.807) is 0 Å². The normalized spacial score (nSPS) is 11.1. The maximum atomic E-state index is 11.4. The summed E-state index contributed by atoms with van der Waals surface area (Å²) in [6, 6.07) is 0. The molecule has 0 saturated carbocycles. The predicted octanol–water partition coefficient (Wildman–Crippen LogP) is 3.66. The first kappa shape index (κ1) is 17.4. The van der Waals surface area contributed by atoms with Crippen molar-refractivity contribution in [2.24, 2.45) is 0 Å². The predicted molar refractivity (Wildman–Crippen MR) is 58.3 cm³/mol. The molecule has 0 amide bonds. The molecule has 0 unspecified atom stereocenters. The molecule has 0 N–H and O–H groups in total. The molecule has 0 aliphatic rings. The van der Waals surface area contributed by atoms with Gasteiger partial charge >= 0.3 is 6.80 Å². The summed E-state index contributed by atoms with van der Waals surface area (Å²) in [4.78, 5) is 0. The molecule has 14 heavy (non-hydrogen) atoms. The van der Waals surface area contributed by atoms with Crippen LogP contribution in [0.3, 0.4) is 0 Å². The first-order valence-corrected chi connectivity index (χ1v) is 7.43. The molecule has 0 spiro atoms. The van der Waals surface area contributed by atoms with Crippen LogP contribution in [0.4, 0.5) is 0 Å². The summed E-state index contributed by atoms with van der Waals surface area (Å²) in [5.41, 5.74) is 0. The molecule has 0 aliphatic carbocycles. The van der Waals surface area contributed by atoms with Gasteiger partial charge in [-0.1, -0.05) is 38.9 Å². The number of hydrogen-bond donors (Lipinski definition) is 1. The second-order valence-electron chi connectivity index (χ2n) is 2.84. The Morgan fingerprint density at radius 2 is 1.43 bits per heavy atom. The van der Waals surface area contributed by atoms with E-state index in [-0.39, 0.29) is 17.1 Å². The average molecular weight is 281 g/mol. The molecule has 0 aromatic heterocycles. The first-order chi connectivity index (χ1) is 6.12. The minimum absolute atomic E-state index is 0. The molecule has 87 valence electrons. The molecule has 0 aromatic carbocycles. The zero-order valence-corrected chi connectivity index (χ0v) is 11.7. The van der Waals surface area contributed by atoms with Crippen molar-refractivity contribution < 1.29 is 30.7 Å². The first-order valence-electron chi connectivity index (χ1n) is 4.74. The number of unbranched alkanes of at least 4 members (excludes halogenated alkanes) is 2. The average Bonchev–Trinajstić information content (AvgIpc) is 2.05. The van der Waals surface area contributed by atoms with Crippen LogP contribution in [0.15, 0.2) is 0 Å². The Bertz CT molecular complexity index is 155. The van der Waals surface area contributed by atoms with Gasteiger partial charge in [0.1, 0.15) is 0 Å². The van der Waals surface area contributed by atoms with Crippen LogP contribution in [0.25, 0.3) is 0 Å². The van der Waals surface area contributed by atoms with Gasteiger partial charge in [0, 0.05) is 17.1 Å². The molecule has 3 nitrogen and oxygen atoms in total. The molecule has 0 saturated heterocycles. The van der Waals surface area contributed by atoms with E-state index in [0.717, 1.165) is 25.7 Å². The van der Waals surface area contributed by atoms with Gasteiger partial charge in [0.25, 0.3) is 0 Å². The van der Waals surface area contributed by atoms with E-state index in [2.05, 4.69) is 12.2 Å². The van der Waals surface area contributed by atoms with Crippen LogP contribution < -0.4 is 0 Å². The minimum atomic E-state index is -3.06. The fraction of sp³-hybridized carbons (Fsp3) is 1.00. The molecule has 0 aliphatic heterocycles.